The van der Waals surface area contributed by atoms with Gasteiger partial charge in [0.15, 0.2) is 0 Å². The highest BCUT2D eigenvalue weighted by Crippen LogP contribution is 2.19. The predicted octanol–water partition coefficient (Wildman–Crippen LogP) is 2.15. The van der Waals surface area contributed by atoms with Crippen LogP contribution < -0.4 is 16.0 Å². The molecule has 2 heterocycles. The molecule has 158 valence electrons. The molecule has 1 saturated heterocycles. The fraction of sp³-hybridized carbons (Fsp3) is 0.364. The number of pyridine rings is 1. The molecule has 1 aromatic heterocycles. The van der Waals surface area contributed by atoms with E-state index in [1.165, 1.54) is 0 Å². The van der Waals surface area contributed by atoms with Gasteiger partial charge in [-0.1, -0.05) is 36.4 Å². The number of carbonyl (C=O) groups is 3. The molecule has 1 fully saturated rings. The molecule has 0 unspecified atom stereocenters. The molecule has 0 atom stereocenters. The topological polar surface area (TPSA) is 103 Å². The minimum absolute atomic E-state index is 0.0128. The molecule has 30 heavy (non-hydrogen) atoms. The van der Waals surface area contributed by atoms with Crippen molar-refractivity contribution in [2.75, 3.05) is 25.0 Å². The summed E-state index contributed by atoms with van der Waals surface area (Å²) in [6.45, 7) is 2.42. The zero-order valence-corrected chi connectivity index (χ0v) is 16.8. The van der Waals surface area contributed by atoms with E-state index in [2.05, 4.69) is 25.8 Å². The Morgan fingerprint density at radius 3 is 2.43 bits per heavy atom. The quantitative estimate of drug-likeness (QED) is 0.650. The molecule has 2 aromatic rings. The van der Waals surface area contributed by atoms with Crippen molar-refractivity contribution in [3.05, 3.63) is 60.3 Å². The van der Waals surface area contributed by atoms with Crippen LogP contribution >= 0.6 is 0 Å². The molecule has 3 N–H and O–H groups in total. The maximum absolute atomic E-state index is 12.3. The summed E-state index contributed by atoms with van der Waals surface area (Å²) in [6.07, 6.45) is 3.35. The average Bonchev–Trinajstić information content (AvgIpc) is 2.78. The van der Waals surface area contributed by atoms with Gasteiger partial charge in [0.25, 0.3) is 0 Å². The molecule has 0 spiro atoms. The summed E-state index contributed by atoms with van der Waals surface area (Å²) in [5.41, 5.74) is 0.968. The summed E-state index contributed by atoms with van der Waals surface area (Å²) in [7, 11) is 0. The highest BCUT2D eigenvalue weighted by Gasteiger charge is 2.25. The predicted molar refractivity (Wildman–Crippen MR) is 113 cm³/mol. The maximum Gasteiger partial charge on any atom is 0.321 e. The van der Waals surface area contributed by atoms with Crippen molar-refractivity contribution in [3.8, 4) is 0 Å². The molecule has 8 heteroatoms. The first-order chi connectivity index (χ1) is 14.6. The van der Waals surface area contributed by atoms with Gasteiger partial charge in [0.2, 0.25) is 11.8 Å². The number of hydrogen-bond donors (Lipinski definition) is 3. The lowest BCUT2D eigenvalue weighted by Gasteiger charge is -2.30. The third-order valence-electron chi connectivity index (χ3n) is 5.08. The van der Waals surface area contributed by atoms with Crippen LogP contribution in [0.2, 0.25) is 0 Å². The lowest BCUT2D eigenvalue weighted by atomic mass is 9.96. The molecule has 0 radical (unpaired) electrons. The van der Waals surface area contributed by atoms with Gasteiger partial charge in [0, 0.05) is 31.6 Å². The second-order valence-electron chi connectivity index (χ2n) is 7.29. The fourth-order valence-electron chi connectivity index (χ4n) is 3.35. The van der Waals surface area contributed by atoms with Crippen molar-refractivity contribution in [2.24, 2.45) is 5.92 Å². The van der Waals surface area contributed by atoms with E-state index in [9.17, 15) is 14.4 Å². The van der Waals surface area contributed by atoms with E-state index in [1.807, 2.05) is 36.4 Å². The van der Waals surface area contributed by atoms with Crippen molar-refractivity contribution in [2.45, 2.75) is 25.8 Å². The van der Waals surface area contributed by atoms with Crippen molar-refractivity contribution in [1.82, 2.24) is 20.5 Å². The van der Waals surface area contributed by atoms with E-state index in [-0.39, 0.29) is 24.2 Å². The number of imide groups is 1. The van der Waals surface area contributed by atoms with Gasteiger partial charge in [-0.2, -0.15) is 0 Å². The number of anilines is 1. The first kappa shape index (κ1) is 21.4. The number of carbonyl (C=O) groups excluding carboxylic acids is 3. The molecule has 0 bridgehead atoms. The third kappa shape index (κ3) is 6.97. The van der Waals surface area contributed by atoms with E-state index in [1.54, 1.807) is 18.3 Å². The zero-order valence-electron chi connectivity index (χ0n) is 16.8. The normalized spacial score (nSPS) is 14.7. The van der Waals surface area contributed by atoms with Gasteiger partial charge in [-0.15, -0.1) is 0 Å². The lowest BCUT2D eigenvalue weighted by molar-refractivity contribution is -0.122. The van der Waals surface area contributed by atoms with Gasteiger partial charge < -0.3 is 15.5 Å². The van der Waals surface area contributed by atoms with Crippen LogP contribution in [0.3, 0.4) is 0 Å². The molecular weight excluding hydrogens is 382 g/mol. The summed E-state index contributed by atoms with van der Waals surface area (Å²) < 4.78 is 0. The lowest BCUT2D eigenvalue weighted by Crippen LogP contribution is -2.42. The third-order valence-corrected chi connectivity index (χ3v) is 5.08. The molecular formula is C22H27N5O3. The van der Waals surface area contributed by atoms with E-state index < -0.39 is 6.03 Å². The molecule has 8 nitrogen and oxygen atoms in total. The first-order valence-electron chi connectivity index (χ1n) is 10.2. The number of benzene rings is 1. The molecule has 4 amide bonds. The number of rotatable bonds is 7. The molecule has 0 aliphatic carbocycles. The van der Waals surface area contributed by atoms with Crippen LogP contribution in [0.5, 0.6) is 0 Å². The fourth-order valence-corrected chi connectivity index (χ4v) is 3.35. The highest BCUT2D eigenvalue weighted by molar-refractivity contribution is 5.94. The average molecular weight is 409 g/mol. The second-order valence-corrected chi connectivity index (χ2v) is 7.29. The molecule has 3 rings (SSSR count). The van der Waals surface area contributed by atoms with Gasteiger partial charge in [-0.3, -0.25) is 14.9 Å². The molecule has 1 aliphatic heterocycles. The minimum Gasteiger partial charge on any atom is -0.334 e. The number of likely N-dealkylation sites (tertiary alicyclic amines) is 1. The summed E-state index contributed by atoms with van der Waals surface area (Å²) >= 11 is 0. The number of piperidine rings is 1. The van der Waals surface area contributed by atoms with Gasteiger partial charge in [-0.25, -0.2) is 9.78 Å². The van der Waals surface area contributed by atoms with E-state index in [0.29, 0.717) is 18.9 Å². The van der Waals surface area contributed by atoms with Crippen LogP contribution in [0, 0.1) is 5.92 Å². The van der Waals surface area contributed by atoms with Crippen LogP contribution in [-0.4, -0.2) is 47.4 Å². The Balaban J connectivity index is 1.30. The van der Waals surface area contributed by atoms with Crippen LogP contribution in [0.25, 0.3) is 0 Å². The molecule has 1 aliphatic rings. The largest absolute Gasteiger partial charge is 0.334 e. The highest BCUT2D eigenvalue weighted by atomic mass is 16.2. The van der Waals surface area contributed by atoms with Gasteiger partial charge >= 0.3 is 6.03 Å². The number of nitrogens with zero attached hydrogens (tertiary/aromatic N) is 2. The Bertz CT molecular complexity index is 836. The van der Waals surface area contributed by atoms with Gasteiger partial charge in [0.1, 0.15) is 5.82 Å². The Morgan fingerprint density at radius 1 is 1.00 bits per heavy atom. The standard InChI is InChI=1S/C22H27N5O3/c28-20(26-22(30)24-16-17-6-2-1-3-7-17)11-15-27-13-9-18(10-14-27)21(29)25-19-8-4-5-12-23-19/h1-8,12,18H,9-11,13-16H2,(H,23,25,29)(H2,24,26,28,30). The van der Waals surface area contributed by atoms with Crippen LogP contribution in [0.4, 0.5) is 10.6 Å². The van der Waals surface area contributed by atoms with Crippen molar-refractivity contribution < 1.29 is 14.4 Å². The number of urea groups is 1. The maximum atomic E-state index is 12.3. The minimum atomic E-state index is -0.492. The Labute approximate surface area is 176 Å². The SMILES string of the molecule is O=C(CCN1CCC(C(=O)Nc2ccccn2)CC1)NC(=O)NCc1ccccc1. The van der Waals surface area contributed by atoms with Crippen LogP contribution in [0.15, 0.2) is 54.7 Å². The van der Waals surface area contributed by atoms with Gasteiger partial charge in [0.05, 0.1) is 0 Å². The summed E-state index contributed by atoms with van der Waals surface area (Å²) in [5.74, 6) is 0.185. The molecule has 1 aromatic carbocycles. The Hall–Kier alpha value is -3.26. The second kappa shape index (κ2) is 11.1. The summed E-state index contributed by atoms with van der Waals surface area (Å²) in [5, 5.41) is 7.87. The first-order valence-corrected chi connectivity index (χ1v) is 10.2. The monoisotopic (exact) mass is 409 g/mol. The van der Waals surface area contributed by atoms with Crippen LogP contribution in [0.1, 0.15) is 24.8 Å². The molecule has 0 saturated carbocycles. The van der Waals surface area contributed by atoms with Crippen LogP contribution in [-0.2, 0) is 16.1 Å². The Kier molecular flexibility index (Phi) is 7.91. The Morgan fingerprint density at radius 2 is 1.73 bits per heavy atom. The summed E-state index contributed by atoms with van der Waals surface area (Å²) in [4.78, 5) is 42.5. The van der Waals surface area contributed by atoms with E-state index in [4.69, 9.17) is 0 Å². The number of amides is 4. The van der Waals surface area contributed by atoms with E-state index in [0.717, 1.165) is 31.5 Å². The van der Waals surface area contributed by atoms with Gasteiger partial charge in [-0.05, 0) is 43.6 Å². The number of aromatic nitrogens is 1. The number of nitrogens with one attached hydrogen (secondary N) is 3. The van der Waals surface area contributed by atoms with Crippen molar-refractivity contribution in [1.29, 1.82) is 0 Å². The van der Waals surface area contributed by atoms with E-state index >= 15 is 0 Å². The van der Waals surface area contributed by atoms with Crippen molar-refractivity contribution in [3.63, 3.8) is 0 Å². The smallest absolute Gasteiger partial charge is 0.321 e. The van der Waals surface area contributed by atoms with Crippen molar-refractivity contribution >= 4 is 23.7 Å². The summed E-state index contributed by atoms with van der Waals surface area (Å²) in [6, 6.07) is 14.4. The number of hydrogen-bond acceptors (Lipinski definition) is 5. The zero-order chi connectivity index (χ0) is 21.2.